The van der Waals surface area contributed by atoms with Gasteiger partial charge in [0.15, 0.2) is 0 Å². The summed E-state index contributed by atoms with van der Waals surface area (Å²) < 4.78 is 0. The number of rotatable bonds is 0. The van der Waals surface area contributed by atoms with E-state index in [0.29, 0.717) is 12.3 Å². The SMILES string of the molecule is CC1(C)CC2CC(C)(C)[N-]C2[N-]1.CC1(C)CC2CC(C)(C)[N-]C2[N-]1.[Cr+4]. The van der Waals surface area contributed by atoms with Crippen LogP contribution in [-0.4, -0.2) is 34.5 Å². The largest absolute Gasteiger partial charge is 4.00 e. The Balaban J connectivity index is 0.000000173. The molecule has 4 aliphatic heterocycles. The normalized spacial score (nSPS) is 41.3. The molecule has 4 aliphatic rings. The van der Waals surface area contributed by atoms with Crippen molar-refractivity contribution >= 4 is 0 Å². The maximum atomic E-state index is 4.71. The summed E-state index contributed by atoms with van der Waals surface area (Å²) in [6.07, 6.45) is 5.54. The molecule has 0 aromatic rings. The van der Waals surface area contributed by atoms with Crippen LogP contribution in [0.15, 0.2) is 0 Å². The van der Waals surface area contributed by atoms with E-state index < -0.39 is 0 Å². The van der Waals surface area contributed by atoms with E-state index >= 15 is 0 Å². The first kappa shape index (κ1) is 21.7. The summed E-state index contributed by atoms with van der Waals surface area (Å²) in [7, 11) is 0. The van der Waals surface area contributed by atoms with Gasteiger partial charge in [0, 0.05) is 0 Å². The van der Waals surface area contributed by atoms with E-state index in [4.69, 9.17) is 21.3 Å². The number of hydrogen-bond donors (Lipinski definition) is 0. The molecule has 0 atom stereocenters. The molecule has 142 valence electrons. The summed E-state index contributed by atoms with van der Waals surface area (Å²) in [5, 5.41) is 18.8. The average Bonchev–Trinajstić information content (AvgIpc) is 2.89. The van der Waals surface area contributed by atoms with Gasteiger partial charge in [0.25, 0.3) is 0 Å². The minimum absolute atomic E-state index is 0. The molecule has 0 amide bonds. The molecule has 0 spiro atoms. The van der Waals surface area contributed by atoms with E-state index in [0.717, 1.165) is 11.8 Å². The number of fused-ring (bicyclic) bond motifs is 2. The summed E-state index contributed by atoms with van der Waals surface area (Å²) in [4.78, 5) is 0. The minimum atomic E-state index is 0. The van der Waals surface area contributed by atoms with Gasteiger partial charge in [-0.15, -0.1) is 22.2 Å². The summed E-state index contributed by atoms with van der Waals surface area (Å²) in [5.74, 6) is 1.46. The van der Waals surface area contributed by atoms with Crippen LogP contribution in [0.1, 0.15) is 81.1 Å². The topological polar surface area (TPSA) is 56.4 Å². The molecule has 4 saturated heterocycles. The van der Waals surface area contributed by atoms with Crippen molar-refractivity contribution in [1.82, 2.24) is 0 Å². The van der Waals surface area contributed by atoms with Crippen molar-refractivity contribution in [3.8, 4) is 0 Å². The molecule has 0 unspecified atom stereocenters. The maximum Gasteiger partial charge on any atom is 4.00 e. The van der Waals surface area contributed by atoms with Crippen molar-refractivity contribution in [2.45, 2.75) is 116 Å². The van der Waals surface area contributed by atoms with Crippen LogP contribution < -0.4 is 0 Å². The Morgan fingerprint density at radius 2 is 0.680 bits per heavy atom. The van der Waals surface area contributed by atoms with E-state index in [1.807, 2.05) is 0 Å². The molecular formula is C20H36CrN4. The van der Waals surface area contributed by atoms with Gasteiger partial charge in [0.2, 0.25) is 0 Å². The zero-order valence-electron chi connectivity index (χ0n) is 17.3. The molecule has 0 radical (unpaired) electrons. The fraction of sp³-hybridized carbons (Fsp3) is 1.00. The van der Waals surface area contributed by atoms with Crippen LogP contribution in [0.5, 0.6) is 0 Å². The number of hydrogen-bond acceptors (Lipinski definition) is 0. The summed E-state index contributed by atoms with van der Waals surface area (Å²) in [6, 6.07) is 0. The van der Waals surface area contributed by atoms with Crippen LogP contribution in [0.2, 0.25) is 0 Å². The molecule has 4 rings (SSSR count). The van der Waals surface area contributed by atoms with Crippen LogP contribution in [0.4, 0.5) is 0 Å². The fourth-order valence-electron chi connectivity index (χ4n) is 5.25. The minimum Gasteiger partial charge on any atom is -0.673 e. The monoisotopic (exact) mass is 384 g/mol. The Labute approximate surface area is 166 Å². The van der Waals surface area contributed by atoms with Gasteiger partial charge in [-0.25, -0.2) is 12.3 Å². The van der Waals surface area contributed by atoms with Gasteiger partial charge in [-0.3, -0.25) is 0 Å². The molecule has 0 N–H and O–H groups in total. The van der Waals surface area contributed by atoms with Crippen molar-refractivity contribution in [1.29, 1.82) is 0 Å². The van der Waals surface area contributed by atoms with Crippen molar-refractivity contribution in [2.75, 3.05) is 0 Å². The second-order valence-electron chi connectivity index (χ2n) is 10.9. The Kier molecular flexibility index (Phi) is 5.86. The molecule has 4 nitrogen and oxygen atoms in total. The maximum absolute atomic E-state index is 4.71. The predicted octanol–water partition coefficient (Wildman–Crippen LogP) is 6.08. The van der Waals surface area contributed by atoms with E-state index in [9.17, 15) is 0 Å². The Bertz CT molecular complexity index is 366. The van der Waals surface area contributed by atoms with Gasteiger partial charge in [-0.2, -0.15) is 0 Å². The molecule has 25 heavy (non-hydrogen) atoms. The van der Waals surface area contributed by atoms with Gasteiger partial charge in [-0.05, 0) is 0 Å². The van der Waals surface area contributed by atoms with Gasteiger partial charge in [0.05, 0.1) is 0 Å². The third kappa shape index (κ3) is 5.21. The Morgan fingerprint density at radius 3 is 0.840 bits per heavy atom. The quantitative estimate of drug-likeness (QED) is 0.486. The smallest absolute Gasteiger partial charge is 0.673 e. The third-order valence-corrected chi connectivity index (χ3v) is 5.82. The van der Waals surface area contributed by atoms with Crippen molar-refractivity contribution in [2.24, 2.45) is 11.8 Å². The van der Waals surface area contributed by atoms with Crippen LogP contribution in [0, 0.1) is 11.8 Å². The number of nitrogens with zero attached hydrogens (tertiary/aromatic N) is 4. The van der Waals surface area contributed by atoms with Crippen molar-refractivity contribution < 1.29 is 17.4 Å². The summed E-state index contributed by atoms with van der Waals surface area (Å²) in [6.45, 7) is 17.7. The average molecular weight is 385 g/mol. The molecule has 0 aromatic heterocycles. The van der Waals surface area contributed by atoms with Crippen LogP contribution >= 0.6 is 0 Å². The molecule has 0 bridgehead atoms. The molecule has 0 aliphatic carbocycles. The standard InChI is InChI=1S/2C10H18N2.Cr/c2*1-9(2)5-7-6-10(3,4)12-8(7)11-9;/h2*7-8H,5-6H2,1-4H3;/q2*-2;+4. The molecular weight excluding hydrogens is 348 g/mol. The Morgan fingerprint density at radius 1 is 0.480 bits per heavy atom. The second kappa shape index (κ2) is 6.76. The second-order valence-corrected chi connectivity index (χ2v) is 10.9. The fourth-order valence-corrected chi connectivity index (χ4v) is 5.25. The summed E-state index contributed by atoms with van der Waals surface area (Å²) >= 11 is 0. The van der Waals surface area contributed by atoms with E-state index in [-0.39, 0.29) is 39.5 Å². The van der Waals surface area contributed by atoms with Crippen molar-refractivity contribution in [3.63, 3.8) is 0 Å². The first-order chi connectivity index (χ1) is 10.8. The van der Waals surface area contributed by atoms with Crippen LogP contribution in [0.25, 0.3) is 21.3 Å². The van der Waals surface area contributed by atoms with E-state index in [1.165, 1.54) is 25.7 Å². The van der Waals surface area contributed by atoms with Crippen LogP contribution in [0.3, 0.4) is 0 Å². The van der Waals surface area contributed by atoms with Gasteiger partial charge in [0.1, 0.15) is 0 Å². The van der Waals surface area contributed by atoms with Gasteiger partial charge >= 0.3 is 17.4 Å². The molecule has 4 fully saturated rings. The van der Waals surface area contributed by atoms with Crippen molar-refractivity contribution in [3.05, 3.63) is 21.3 Å². The zero-order chi connectivity index (χ0) is 18.0. The third-order valence-electron chi connectivity index (χ3n) is 5.82. The first-order valence-corrected chi connectivity index (χ1v) is 9.64. The molecule has 0 aromatic carbocycles. The molecule has 4 heterocycles. The molecule has 0 saturated carbocycles. The summed E-state index contributed by atoms with van der Waals surface area (Å²) in [5.41, 5.74) is 0.759. The zero-order valence-corrected chi connectivity index (χ0v) is 18.6. The molecule has 5 heteroatoms. The van der Waals surface area contributed by atoms with E-state index in [2.05, 4.69) is 55.4 Å². The Hall–Kier alpha value is 0.372. The first-order valence-electron chi connectivity index (χ1n) is 9.64. The van der Waals surface area contributed by atoms with Gasteiger partial charge in [-0.1, -0.05) is 92.9 Å². The van der Waals surface area contributed by atoms with E-state index in [1.54, 1.807) is 0 Å². The van der Waals surface area contributed by atoms with Crippen LogP contribution in [-0.2, 0) is 17.4 Å². The van der Waals surface area contributed by atoms with Gasteiger partial charge < -0.3 is 21.3 Å². The predicted molar refractivity (Wildman–Crippen MR) is 103 cm³/mol.